The molecular formula is C11H13O2. The predicted octanol–water partition coefficient (Wildman–Crippen LogP) is 2.34. The van der Waals surface area contributed by atoms with Gasteiger partial charge in [-0.1, -0.05) is 30.3 Å². The van der Waals surface area contributed by atoms with Crippen molar-refractivity contribution in [2.75, 3.05) is 0 Å². The molecular weight excluding hydrogens is 164 g/mol. The van der Waals surface area contributed by atoms with Crippen LogP contribution in [0.5, 0.6) is 0 Å². The number of aryl methyl sites for hydroxylation is 1. The second kappa shape index (κ2) is 5.36. The summed E-state index contributed by atoms with van der Waals surface area (Å²) in [5.74, 6) is -0.175. The fourth-order valence-electron chi connectivity index (χ4n) is 1.08. The molecule has 69 valence electrons. The van der Waals surface area contributed by atoms with Crippen molar-refractivity contribution < 1.29 is 9.53 Å². The molecule has 0 spiro atoms. The maximum atomic E-state index is 11.0. The molecule has 0 unspecified atom stereocenters. The molecule has 0 heterocycles. The minimum Gasteiger partial charge on any atom is -0.459 e. The first-order valence-electron chi connectivity index (χ1n) is 4.34. The molecule has 0 fully saturated rings. The van der Waals surface area contributed by atoms with Crippen molar-refractivity contribution in [3.05, 3.63) is 42.5 Å². The second-order valence-corrected chi connectivity index (χ2v) is 2.71. The van der Waals surface area contributed by atoms with E-state index in [2.05, 4.69) is 0 Å². The molecule has 1 radical (unpaired) electrons. The van der Waals surface area contributed by atoms with Crippen molar-refractivity contribution in [3.63, 3.8) is 0 Å². The highest BCUT2D eigenvalue weighted by molar-refractivity contribution is 5.70. The largest absolute Gasteiger partial charge is 0.459 e. The van der Waals surface area contributed by atoms with Crippen LogP contribution in [0.4, 0.5) is 0 Å². The minimum atomic E-state index is -0.175. The van der Waals surface area contributed by atoms with Crippen molar-refractivity contribution in [1.82, 2.24) is 0 Å². The molecule has 0 aliphatic rings. The van der Waals surface area contributed by atoms with E-state index in [0.29, 0.717) is 6.42 Å². The molecule has 0 aliphatic heterocycles. The number of hydrogen-bond acceptors (Lipinski definition) is 2. The van der Waals surface area contributed by atoms with E-state index in [0.717, 1.165) is 12.0 Å². The maximum absolute atomic E-state index is 11.0. The Morgan fingerprint density at radius 1 is 1.38 bits per heavy atom. The summed E-state index contributed by atoms with van der Waals surface area (Å²) in [6.07, 6.45) is 1.18. The monoisotopic (exact) mass is 177 g/mol. The molecule has 0 amide bonds. The summed E-state index contributed by atoms with van der Waals surface area (Å²) >= 11 is 0. The van der Waals surface area contributed by atoms with Crippen molar-refractivity contribution in [2.45, 2.75) is 19.8 Å². The van der Waals surface area contributed by atoms with Gasteiger partial charge < -0.3 is 4.74 Å². The third-order valence-electron chi connectivity index (χ3n) is 1.71. The van der Waals surface area contributed by atoms with E-state index in [1.54, 1.807) is 6.92 Å². The summed E-state index contributed by atoms with van der Waals surface area (Å²) in [5, 5.41) is 0. The number of carbonyl (C=O) groups is 1. The molecule has 0 aliphatic carbocycles. The van der Waals surface area contributed by atoms with Gasteiger partial charge in [-0.05, 0) is 18.9 Å². The van der Waals surface area contributed by atoms with Gasteiger partial charge in [0.2, 0.25) is 0 Å². The lowest BCUT2D eigenvalue weighted by Gasteiger charge is -2.00. The molecule has 0 atom stereocenters. The van der Waals surface area contributed by atoms with E-state index in [4.69, 9.17) is 4.74 Å². The van der Waals surface area contributed by atoms with E-state index in [1.165, 1.54) is 6.61 Å². The Balaban J connectivity index is 2.31. The van der Waals surface area contributed by atoms with Crippen molar-refractivity contribution >= 4 is 5.97 Å². The zero-order valence-corrected chi connectivity index (χ0v) is 7.69. The van der Waals surface area contributed by atoms with Crippen LogP contribution in [-0.2, 0) is 16.0 Å². The van der Waals surface area contributed by atoms with Crippen molar-refractivity contribution in [3.8, 4) is 0 Å². The van der Waals surface area contributed by atoms with E-state index in [-0.39, 0.29) is 5.97 Å². The number of benzene rings is 1. The molecule has 0 aromatic heterocycles. The van der Waals surface area contributed by atoms with E-state index in [1.807, 2.05) is 30.3 Å². The number of ether oxygens (including phenoxy) is 1. The molecule has 0 saturated carbocycles. The second-order valence-electron chi connectivity index (χ2n) is 2.71. The van der Waals surface area contributed by atoms with E-state index in [9.17, 15) is 4.79 Å². The molecule has 0 N–H and O–H groups in total. The average Bonchev–Trinajstić information content (AvgIpc) is 2.17. The number of hydrogen-bond donors (Lipinski definition) is 0. The van der Waals surface area contributed by atoms with Gasteiger partial charge in [0, 0.05) is 6.42 Å². The molecule has 1 aromatic rings. The molecule has 1 aromatic carbocycles. The Labute approximate surface area is 78.5 Å². The molecule has 1 rings (SSSR count). The number of carbonyl (C=O) groups excluding carboxylic acids is 1. The van der Waals surface area contributed by atoms with Gasteiger partial charge in [-0.2, -0.15) is 0 Å². The van der Waals surface area contributed by atoms with Gasteiger partial charge in [0.15, 0.2) is 0 Å². The van der Waals surface area contributed by atoms with Gasteiger partial charge >= 0.3 is 5.97 Å². The molecule has 0 bridgehead atoms. The highest BCUT2D eigenvalue weighted by Crippen LogP contribution is 2.03. The lowest BCUT2D eigenvalue weighted by atomic mass is 10.1. The lowest BCUT2D eigenvalue weighted by molar-refractivity contribution is -0.139. The Hall–Kier alpha value is -1.31. The number of rotatable bonds is 4. The first-order valence-corrected chi connectivity index (χ1v) is 4.34. The number of esters is 1. The van der Waals surface area contributed by atoms with E-state index < -0.39 is 0 Å². The molecule has 0 saturated heterocycles. The van der Waals surface area contributed by atoms with Crippen LogP contribution >= 0.6 is 0 Å². The normalized spacial score (nSPS) is 9.62. The van der Waals surface area contributed by atoms with Gasteiger partial charge in [0.05, 0.1) is 0 Å². The smallest absolute Gasteiger partial charge is 0.306 e. The van der Waals surface area contributed by atoms with Crippen LogP contribution in [0, 0.1) is 6.61 Å². The summed E-state index contributed by atoms with van der Waals surface area (Å²) in [7, 11) is 0. The first kappa shape index (κ1) is 9.78. The zero-order chi connectivity index (χ0) is 9.52. The van der Waals surface area contributed by atoms with Gasteiger partial charge in [-0.3, -0.25) is 4.79 Å². The average molecular weight is 177 g/mol. The Morgan fingerprint density at radius 3 is 2.69 bits per heavy atom. The molecule has 13 heavy (non-hydrogen) atoms. The topological polar surface area (TPSA) is 26.3 Å². The summed E-state index contributed by atoms with van der Waals surface area (Å²) in [5.41, 5.74) is 1.16. The standard InChI is InChI=1S/C11H13O2/c1-2-13-11(12)9-8-10-6-4-3-5-7-10/h2-7H,8-9H2,1H3. The first-order chi connectivity index (χ1) is 6.33. The Morgan fingerprint density at radius 2 is 2.08 bits per heavy atom. The summed E-state index contributed by atoms with van der Waals surface area (Å²) in [6, 6.07) is 9.90. The lowest BCUT2D eigenvalue weighted by Crippen LogP contribution is -2.02. The Kier molecular flexibility index (Phi) is 4.03. The van der Waals surface area contributed by atoms with Crippen LogP contribution in [0.25, 0.3) is 0 Å². The highest BCUT2D eigenvalue weighted by atomic mass is 16.5. The fraction of sp³-hybridized carbons (Fsp3) is 0.273. The van der Waals surface area contributed by atoms with Crippen LogP contribution in [0.1, 0.15) is 18.9 Å². The van der Waals surface area contributed by atoms with Crippen LogP contribution in [0.2, 0.25) is 0 Å². The van der Waals surface area contributed by atoms with Crippen LogP contribution in [-0.4, -0.2) is 5.97 Å². The SMILES string of the molecule is C[CH]OC(=O)CCc1ccccc1. The minimum absolute atomic E-state index is 0.175. The summed E-state index contributed by atoms with van der Waals surface area (Å²) < 4.78 is 4.70. The third kappa shape index (κ3) is 3.74. The third-order valence-corrected chi connectivity index (χ3v) is 1.71. The van der Waals surface area contributed by atoms with Crippen molar-refractivity contribution in [2.24, 2.45) is 0 Å². The van der Waals surface area contributed by atoms with Crippen molar-refractivity contribution in [1.29, 1.82) is 0 Å². The molecule has 2 heteroatoms. The Bertz CT molecular complexity index is 254. The summed E-state index contributed by atoms with van der Waals surface area (Å²) in [4.78, 5) is 11.0. The van der Waals surface area contributed by atoms with Gasteiger partial charge in [-0.15, -0.1) is 0 Å². The molecule has 2 nitrogen and oxygen atoms in total. The van der Waals surface area contributed by atoms with Crippen LogP contribution in [0.3, 0.4) is 0 Å². The highest BCUT2D eigenvalue weighted by Gasteiger charge is 2.01. The van der Waals surface area contributed by atoms with Crippen LogP contribution < -0.4 is 0 Å². The fourth-order valence-corrected chi connectivity index (χ4v) is 1.08. The van der Waals surface area contributed by atoms with E-state index >= 15 is 0 Å². The summed E-state index contributed by atoms with van der Waals surface area (Å²) in [6.45, 7) is 3.10. The predicted molar refractivity (Wildman–Crippen MR) is 50.8 cm³/mol. The maximum Gasteiger partial charge on any atom is 0.306 e. The van der Waals surface area contributed by atoms with Gasteiger partial charge in [0.25, 0.3) is 0 Å². The zero-order valence-electron chi connectivity index (χ0n) is 7.69. The quantitative estimate of drug-likeness (QED) is 0.660. The van der Waals surface area contributed by atoms with Gasteiger partial charge in [0.1, 0.15) is 6.61 Å². The van der Waals surface area contributed by atoms with Crippen LogP contribution in [0.15, 0.2) is 30.3 Å². The van der Waals surface area contributed by atoms with Gasteiger partial charge in [-0.25, -0.2) is 0 Å².